The molecular formula is C20H24FN5. The van der Waals surface area contributed by atoms with Crippen LogP contribution in [0.25, 0.3) is 5.65 Å². The van der Waals surface area contributed by atoms with Gasteiger partial charge in [-0.2, -0.15) is 0 Å². The van der Waals surface area contributed by atoms with Crippen molar-refractivity contribution in [2.24, 2.45) is 4.99 Å². The van der Waals surface area contributed by atoms with Crippen LogP contribution in [0.3, 0.4) is 0 Å². The molecule has 0 amide bonds. The quantitative estimate of drug-likeness (QED) is 0.546. The van der Waals surface area contributed by atoms with Gasteiger partial charge >= 0.3 is 0 Å². The Labute approximate surface area is 153 Å². The molecule has 3 aromatic rings. The molecule has 26 heavy (non-hydrogen) atoms. The van der Waals surface area contributed by atoms with E-state index in [0.717, 1.165) is 29.1 Å². The summed E-state index contributed by atoms with van der Waals surface area (Å²) < 4.78 is 15.7. The molecule has 2 aromatic heterocycles. The zero-order valence-electron chi connectivity index (χ0n) is 15.4. The number of fused-ring (bicyclic) bond motifs is 1. The lowest BCUT2D eigenvalue weighted by Crippen LogP contribution is -2.36. The molecule has 136 valence electrons. The van der Waals surface area contributed by atoms with Gasteiger partial charge in [-0.25, -0.2) is 14.4 Å². The number of hydrogen-bond acceptors (Lipinski definition) is 2. The van der Waals surface area contributed by atoms with E-state index in [2.05, 4.69) is 38.0 Å². The number of rotatable bonds is 5. The topological polar surface area (TPSA) is 53.7 Å². The molecule has 0 aliphatic carbocycles. The van der Waals surface area contributed by atoms with Crippen LogP contribution in [-0.4, -0.2) is 21.9 Å². The highest BCUT2D eigenvalue weighted by molar-refractivity contribution is 5.79. The minimum absolute atomic E-state index is 0.198. The van der Waals surface area contributed by atoms with Crippen LogP contribution in [0.15, 0.2) is 47.6 Å². The smallest absolute Gasteiger partial charge is 0.191 e. The lowest BCUT2D eigenvalue weighted by Gasteiger charge is -2.10. The zero-order chi connectivity index (χ0) is 18.5. The van der Waals surface area contributed by atoms with Crippen LogP contribution in [0.1, 0.15) is 29.4 Å². The molecule has 0 atom stereocenters. The Morgan fingerprint density at radius 1 is 1.19 bits per heavy atom. The molecule has 0 saturated heterocycles. The molecule has 0 spiro atoms. The highest BCUT2D eigenvalue weighted by Gasteiger charge is 2.05. The third kappa shape index (κ3) is 4.20. The molecule has 0 aliphatic heterocycles. The number of guanidine groups is 1. The van der Waals surface area contributed by atoms with Crippen LogP contribution in [0.4, 0.5) is 4.39 Å². The second kappa shape index (κ2) is 7.99. The Morgan fingerprint density at radius 2 is 2.04 bits per heavy atom. The number of aliphatic imine (C=N–C) groups is 1. The molecule has 6 heteroatoms. The van der Waals surface area contributed by atoms with Gasteiger partial charge in [-0.1, -0.05) is 18.2 Å². The second-order valence-corrected chi connectivity index (χ2v) is 6.26. The summed E-state index contributed by atoms with van der Waals surface area (Å²) in [6.45, 7) is 7.55. The number of benzene rings is 1. The highest BCUT2D eigenvalue weighted by Crippen LogP contribution is 2.10. The van der Waals surface area contributed by atoms with Gasteiger partial charge in [-0.15, -0.1) is 0 Å². The first-order chi connectivity index (χ1) is 12.6. The average Bonchev–Trinajstić information content (AvgIpc) is 3.05. The van der Waals surface area contributed by atoms with E-state index in [9.17, 15) is 4.39 Å². The van der Waals surface area contributed by atoms with Crippen molar-refractivity contribution in [3.8, 4) is 0 Å². The van der Waals surface area contributed by atoms with Crippen molar-refractivity contribution < 1.29 is 4.39 Å². The molecule has 0 unspecified atom stereocenters. The van der Waals surface area contributed by atoms with E-state index in [1.165, 1.54) is 6.07 Å². The molecule has 2 heterocycles. The number of aryl methyl sites for hydroxylation is 2. The van der Waals surface area contributed by atoms with E-state index >= 15 is 0 Å². The molecule has 0 radical (unpaired) electrons. The predicted molar refractivity (Wildman–Crippen MR) is 103 cm³/mol. The normalized spacial score (nSPS) is 11.8. The number of nitrogens with one attached hydrogen (secondary N) is 2. The summed E-state index contributed by atoms with van der Waals surface area (Å²) in [7, 11) is 0. The molecule has 0 saturated carbocycles. The Balaban J connectivity index is 1.68. The largest absolute Gasteiger partial charge is 0.357 e. The number of halogens is 1. The summed E-state index contributed by atoms with van der Waals surface area (Å²) in [6, 6.07) is 11.3. The number of imidazole rings is 1. The van der Waals surface area contributed by atoms with Crippen LogP contribution in [0, 0.1) is 19.7 Å². The number of nitrogens with zero attached hydrogens (tertiary/aromatic N) is 3. The zero-order valence-corrected chi connectivity index (χ0v) is 15.4. The standard InChI is InChI=1S/C20H24FN5/c1-4-22-20(23-11-16-9-8-14(2)18(21)10-16)24-12-17-13-26-15(3)6-5-7-19(26)25-17/h5-10,13H,4,11-12H2,1-3H3,(H2,22,23,24). The van der Waals surface area contributed by atoms with Gasteiger partial charge in [-0.3, -0.25) is 0 Å². The Morgan fingerprint density at radius 3 is 2.77 bits per heavy atom. The van der Waals surface area contributed by atoms with Crippen molar-refractivity contribution in [2.45, 2.75) is 33.9 Å². The first kappa shape index (κ1) is 17.9. The fourth-order valence-corrected chi connectivity index (χ4v) is 2.71. The van der Waals surface area contributed by atoms with Gasteiger partial charge in [0.2, 0.25) is 0 Å². The van der Waals surface area contributed by atoms with Gasteiger partial charge in [0.1, 0.15) is 11.5 Å². The summed E-state index contributed by atoms with van der Waals surface area (Å²) in [5.74, 6) is 0.484. The molecule has 2 N–H and O–H groups in total. The SMILES string of the molecule is CCNC(=NCc1ccc(C)c(F)c1)NCc1cn2c(C)cccc2n1. The highest BCUT2D eigenvalue weighted by atomic mass is 19.1. The number of hydrogen-bond donors (Lipinski definition) is 2. The minimum Gasteiger partial charge on any atom is -0.357 e. The van der Waals surface area contributed by atoms with E-state index in [1.54, 1.807) is 13.0 Å². The first-order valence-corrected chi connectivity index (χ1v) is 8.77. The summed E-state index contributed by atoms with van der Waals surface area (Å²) >= 11 is 0. The first-order valence-electron chi connectivity index (χ1n) is 8.77. The fraction of sp³-hybridized carbons (Fsp3) is 0.300. The lowest BCUT2D eigenvalue weighted by molar-refractivity contribution is 0.616. The molecular weight excluding hydrogens is 329 g/mol. The minimum atomic E-state index is -0.198. The van der Waals surface area contributed by atoms with Gasteiger partial charge in [0.15, 0.2) is 5.96 Å². The maximum atomic E-state index is 13.7. The van der Waals surface area contributed by atoms with Gasteiger partial charge < -0.3 is 15.0 Å². The van der Waals surface area contributed by atoms with Crippen molar-refractivity contribution in [3.63, 3.8) is 0 Å². The van der Waals surface area contributed by atoms with Crippen LogP contribution in [0.5, 0.6) is 0 Å². The average molecular weight is 353 g/mol. The van der Waals surface area contributed by atoms with Crippen LogP contribution >= 0.6 is 0 Å². The second-order valence-electron chi connectivity index (χ2n) is 6.26. The van der Waals surface area contributed by atoms with E-state index in [-0.39, 0.29) is 5.82 Å². The predicted octanol–water partition coefficient (Wildman–Crippen LogP) is 3.35. The van der Waals surface area contributed by atoms with E-state index < -0.39 is 0 Å². The monoisotopic (exact) mass is 353 g/mol. The van der Waals surface area contributed by atoms with E-state index in [1.807, 2.05) is 31.3 Å². The molecule has 1 aromatic carbocycles. The summed E-state index contributed by atoms with van der Waals surface area (Å²) in [6.07, 6.45) is 2.02. The maximum Gasteiger partial charge on any atom is 0.191 e. The number of pyridine rings is 1. The van der Waals surface area contributed by atoms with E-state index in [0.29, 0.717) is 24.6 Å². The lowest BCUT2D eigenvalue weighted by atomic mass is 10.1. The third-order valence-electron chi connectivity index (χ3n) is 4.18. The maximum absolute atomic E-state index is 13.7. The summed E-state index contributed by atoms with van der Waals surface area (Å²) in [5, 5.41) is 6.49. The van der Waals surface area contributed by atoms with Crippen molar-refractivity contribution in [1.29, 1.82) is 0 Å². The Kier molecular flexibility index (Phi) is 5.51. The summed E-state index contributed by atoms with van der Waals surface area (Å²) in [4.78, 5) is 9.15. The molecule has 0 bridgehead atoms. The van der Waals surface area contributed by atoms with Gasteiger partial charge in [0, 0.05) is 18.4 Å². The number of aromatic nitrogens is 2. The van der Waals surface area contributed by atoms with Crippen LogP contribution in [-0.2, 0) is 13.1 Å². The van der Waals surface area contributed by atoms with Crippen molar-refractivity contribution in [3.05, 3.63) is 70.9 Å². The van der Waals surface area contributed by atoms with Gasteiger partial charge in [0.25, 0.3) is 0 Å². The van der Waals surface area contributed by atoms with Crippen molar-refractivity contribution in [2.75, 3.05) is 6.54 Å². The van der Waals surface area contributed by atoms with E-state index in [4.69, 9.17) is 0 Å². The fourth-order valence-electron chi connectivity index (χ4n) is 2.71. The van der Waals surface area contributed by atoms with Crippen molar-refractivity contribution >= 4 is 11.6 Å². The van der Waals surface area contributed by atoms with Gasteiger partial charge in [0.05, 0.1) is 18.8 Å². The molecule has 0 aliphatic rings. The summed E-state index contributed by atoms with van der Waals surface area (Å²) in [5.41, 5.74) is 4.49. The van der Waals surface area contributed by atoms with Crippen molar-refractivity contribution in [1.82, 2.24) is 20.0 Å². The van der Waals surface area contributed by atoms with Crippen LogP contribution in [0.2, 0.25) is 0 Å². The molecule has 0 fully saturated rings. The Hall–Kier alpha value is -2.89. The van der Waals surface area contributed by atoms with Crippen LogP contribution < -0.4 is 10.6 Å². The van der Waals surface area contributed by atoms with Gasteiger partial charge in [-0.05, 0) is 50.1 Å². The Bertz CT molecular complexity index is 929. The third-order valence-corrected chi connectivity index (χ3v) is 4.18. The molecule has 5 nitrogen and oxygen atoms in total. The molecule has 3 rings (SSSR count).